The standard InChI is InChI=1S/C21H27N3O2S/c1-2-17-18(13-15-9-5-3-6-10-15)23-21(24-20(17)26)27-14-19(25)22-16-11-7-4-8-12-16/h4,7-8,11-12,15H,2-3,5-6,9-10,13-14H2,1H3,(H,22,25)(H,23,24,26). The first-order valence-corrected chi connectivity index (χ1v) is 10.7. The molecule has 0 saturated heterocycles. The summed E-state index contributed by atoms with van der Waals surface area (Å²) in [5.74, 6) is 0.728. The Balaban J connectivity index is 1.66. The van der Waals surface area contributed by atoms with Gasteiger partial charge in [-0.2, -0.15) is 0 Å². The molecule has 5 nitrogen and oxygen atoms in total. The van der Waals surface area contributed by atoms with Crippen LogP contribution in [0.2, 0.25) is 0 Å². The van der Waals surface area contributed by atoms with Crippen LogP contribution < -0.4 is 10.9 Å². The van der Waals surface area contributed by atoms with E-state index in [1.165, 1.54) is 43.9 Å². The number of nitrogens with one attached hydrogen (secondary N) is 2. The molecule has 2 aromatic rings. The number of amides is 1. The topological polar surface area (TPSA) is 74.8 Å². The van der Waals surface area contributed by atoms with Gasteiger partial charge in [0.25, 0.3) is 5.56 Å². The number of anilines is 1. The van der Waals surface area contributed by atoms with E-state index in [0.29, 0.717) is 17.5 Å². The number of carbonyl (C=O) groups is 1. The van der Waals surface area contributed by atoms with Crippen LogP contribution in [0.25, 0.3) is 0 Å². The van der Waals surface area contributed by atoms with Crippen LogP contribution in [-0.4, -0.2) is 21.6 Å². The van der Waals surface area contributed by atoms with Crippen LogP contribution in [0.1, 0.15) is 50.3 Å². The van der Waals surface area contributed by atoms with E-state index < -0.39 is 0 Å². The Kier molecular flexibility index (Phi) is 7.10. The normalized spacial score (nSPS) is 14.9. The van der Waals surface area contributed by atoms with Gasteiger partial charge in [0.05, 0.1) is 11.4 Å². The van der Waals surface area contributed by atoms with Gasteiger partial charge in [0, 0.05) is 11.3 Å². The predicted octanol–water partition coefficient (Wildman–Crippen LogP) is 4.19. The summed E-state index contributed by atoms with van der Waals surface area (Å²) in [7, 11) is 0. The maximum atomic E-state index is 12.5. The minimum Gasteiger partial charge on any atom is -0.325 e. The Morgan fingerprint density at radius 3 is 2.67 bits per heavy atom. The first-order valence-electron chi connectivity index (χ1n) is 9.75. The zero-order valence-electron chi connectivity index (χ0n) is 15.8. The number of aromatic nitrogens is 2. The maximum Gasteiger partial charge on any atom is 0.254 e. The van der Waals surface area contributed by atoms with Crippen molar-refractivity contribution in [2.75, 3.05) is 11.1 Å². The first-order chi connectivity index (χ1) is 13.2. The van der Waals surface area contributed by atoms with E-state index in [2.05, 4.69) is 10.3 Å². The van der Waals surface area contributed by atoms with Gasteiger partial charge in [0.2, 0.25) is 5.91 Å². The number of hydrogen-bond donors (Lipinski definition) is 2. The van der Waals surface area contributed by atoms with Crippen LogP contribution in [0.3, 0.4) is 0 Å². The van der Waals surface area contributed by atoms with Gasteiger partial charge >= 0.3 is 0 Å². The molecule has 1 aromatic carbocycles. The van der Waals surface area contributed by atoms with Crippen LogP contribution in [-0.2, 0) is 17.6 Å². The number of aromatic amines is 1. The van der Waals surface area contributed by atoms with Gasteiger partial charge in [-0.1, -0.05) is 69.0 Å². The number of H-pyrrole nitrogens is 1. The quantitative estimate of drug-likeness (QED) is 0.554. The Morgan fingerprint density at radius 1 is 1.22 bits per heavy atom. The number of benzene rings is 1. The molecule has 1 heterocycles. The minimum atomic E-state index is -0.109. The summed E-state index contributed by atoms with van der Waals surface area (Å²) >= 11 is 1.28. The second-order valence-corrected chi connectivity index (χ2v) is 8.02. The van der Waals surface area contributed by atoms with Gasteiger partial charge in [-0.3, -0.25) is 9.59 Å². The molecule has 2 N–H and O–H groups in total. The van der Waals surface area contributed by atoms with Gasteiger partial charge in [-0.05, 0) is 30.9 Å². The lowest BCUT2D eigenvalue weighted by atomic mass is 9.85. The minimum absolute atomic E-state index is 0.0655. The molecule has 3 rings (SSSR count). The largest absolute Gasteiger partial charge is 0.325 e. The molecule has 1 saturated carbocycles. The molecule has 1 amide bonds. The first kappa shape index (κ1) is 19.7. The summed E-state index contributed by atoms with van der Waals surface area (Å²) < 4.78 is 0. The second-order valence-electron chi connectivity index (χ2n) is 7.06. The molecule has 1 aromatic heterocycles. The van der Waals surface area contributed by atoms with Gasteiger partial charge in [0.1, 0.15) is 0 Å². The zero-order chi connectivity index (χ0) is 19.1. The number of para-hydroxylation sites is 1. The molecule has 27 heavy (non-hydrogen) atoms. The fraction of sp³-hybridized carbons (Fsp3) is 0.476. The van der Waals surface area contributed by atoms with Crippen molar-refractivity contribution in [1.82, 2.24) is 9.97 Å². The van der Waals surface area contributed by atoms with Crippen molar-refractivity contribution in [3.05, 3.63) is 51.9 Å². The monoisotopic (exact) mass is 385 g/mol. The smallest absolute Gasteiger partial charge is 0.254 e. The molecule has 0 aliphatic heterocycles. The molecule has 0 unspecified atom stereocenters. The SMILES string of the molecule is CCc1c(CC2CCCCC2)nc(SCC(=O)Nc2ccccc2)[nH]c1=O. The summed E-state index contributed by atoms with van der Waals surface area (Å²) in [6.45, 7) is 2.00. The highest BCUT2D eigenvalue weighted by molar-refractivity contribution is 7.99. The summed E-state index contributed by atoms with van der Waals surface area (Å²) in [6.07, 6.45) is 7.87. The van der Waals surface area contributed by atoms with Crippen LogP contribution in [0.4, 0.5) is 5.69 Å². The van der Waals surface area contributed by atoms with Crippen molar-refractivity contribution in [3.8, 4) is 0 Å². The van der Waals surface area contributed by atoms with Crippen LogP contribution >= 0.6 is 11.8 Å². The highest BCUT2D eigenvalue weighted by Gasteiger charge is 2.18. The molecule has 0 spiro atoms. The predicted molar refractivity (Wildman–Crippen MR) is 110 cm³/mol. The molecule has 0 radical (unpaired) electrons. The number of carbonyl (C=O) groups excluding carboxylic acids is 1. The molecule has 1 fully saturated rings. The number of hydrogen-bond acceptors (Lipinski definition) is 4. The van der Waals surface area contributed by atoms with E-state index >= 15 is 0 Å². The van der Waals surface area contributed by atoms with Crippen molar-refractivity contribution in [2.45, 2.75) is 57.0 Å². The van der Waals surface area contributed by atoms with Gasteiger partial charge in [0.15, 0.2) is 5.16 Å². The summed E-state index contributed by atoms with van der Waals surface area (Å²) in [5, 5.41) is 3.38. The Bertz CT molecular complexity index is 814. The Labute approximate surface area is 164 Å². The third-order valence-electron chi connectivity index (χ3n) is 5.04. The van der Waals surface area contributed by atoms with E-state index in [1.807, 2.05) is 37.3 Å². The summed E-state index contributed by atoms with van der Waals surface area (Å²) in [6, 6.07) is 9.36. The third-order valence-corrected chi connectivity index (χ3v) is 5.91. The number of nitrogens with zero attached hydrogens (tertiary/aromatic N) is 1. The zero-order valence-corrected chi connectivity index (χ0v) is 16.6. The fourth-order valence-corrected chi connectivity index (χ4v) is 4.32. The summed E-state index contributed by atoms with van der Waals surface area (Å²) in [5.41, 5.74) is 2.41. The van der Waals surface area contributed by atoms with E-state index in [9.17, 15) is 9.59 Å². The van der Waals surface area contributed by atoms with Crippen LogP contribution in [0, 0.1) is 5.92 Å². The molecular formula is C21H27N3O2S. The molecular weight excluding hydrogens is 358 g/mol. The van der Waals surface area contributed by atoms with Crippen molar-refractivity contribution in [1.29, 1.82) is 0 Å². The molecule has 1 aliphatic rings. The lowest BCUT2D eigenvalue weighted by Gasteiger charge is -2.22. The van der Waals surface area contributed by atoms with Crippen molar-refractivity contribution < 1.29 is 4.79 Å². The van der Waals surface area contributed by atoms with Crippen molar-refractivity contribution in [3.63, 3.8) is 0 Å². The lowest BCUT2D eigenvalue weighted by Crippen LogP contribution is -2.21. The van der Waals surface area contributed by atoms with Crippen molar-refractivity contribution in [2.24, 2.45) is 5.92 Å². The average molecular weight is 386 g/mol. The third kappa shape index (κ3) is 5.70. The second kappa shape index (κ2) is 9.74. The van der Waals surface area contributed by atoms with E-state index in [4.69, 9.17) is 4.98 Å². The Hall–Kier alpha value is -2.08. The van der Waals surface area contributed by atoms with Gasteiger partial charge < -0.3 is 10.3 Å². The van der Waals surface area contributed by atoms with E-state index in [-0.39, 0.29) is 17.2 Å². The number of rotatable bonds is 7. The van der Waals surface area contributed by atoms with Crippen LogP contribution in [0.15, 0.2) is 40.3 Å². The van der Waals surface area contributed by atoms with E-state index in [0.717, 1.165) is 23.4 Å². The van der Waals surface area contributed by atoms with Crippen LogP contribution in [0.5, 0.6) is 0 Å². The maximum absolute atomic E-state index is 12.5. The highest BCUT2D eigenvalue weighted by atomic mass is 32.2. The fourth-order valence-electron chi connectivity index (χ4n) is 3.64. The molecule has 144 valence electrons. The lowest BCUT2D eigenvalue weighted by molar-refractivity contribution is -0.113. The van der Waals surface area contributed by atoms with Gasteiger partial charge in [-0.25, -0.2) is 4.98 Å². The highest BCUT2D eigenvalue weighted by Crippen LogP contribution is 2.27. The number of thioether (sulfide) groups is 1. The molecule has 1 aliphatic carbocycles. The molecule has 0 atom stereocenters. The van der Waals surface area contributed by atoms with Crippen molar-refractivity contribution >= 4 is 23.4 Å². The molecule has 0 bridgehead atoms. The summed E-state index contributed by atoms with van der Waals surface area (Å²) in [4.78, 5) is 32.1. The van der Waals surface area contributed by atoms with Gasteiger partial charge in [-0.15, -0.1) is 0 Å². The average Bonchev–Trinajstić information content (AvgIpc) is 2.68. The van der Waals surface area contributed by atoms with E-state index in [1.54, 1.807) is 0 Å². The Morgan fingerprint density at radius 2 is 1.96 bits per heavy atom. The molecule has 6 heteroatoms.